The average Bonchev–Trinajstić information content (AvgIpc) is 4.06. The van der Waals surface area contributed by atoms with E-state index in [0.717, 1.165) is 68.6 Å². The maximum absolute atomic E-state index is 12.1. The minimum absolute atomic E-state index is 0. The Morgan fingerprint density at radius 3 is 0.931 bits per heavy atom. The van der Waals surface area contributed by atoms with Gasteiger partial charge in [0.25, 0.3) is 12.9 Å². The van der Waals surface area contributed by atoms with Gasteiger partial charge in [0.1, 0.15) is 29.3 Å². The molecule has 6 atom stereocenters. The van der Waals surface area contributed by atoms with E-state index in [1.165, 1.54) is 0 Å². The molecule has 7 N–H and O–H groups in total. The largest absolute Gasteiger partial charge is 0.480 e. The van der Waals surface area contributed by atoms with E-state index in [0.29, 0.717) is 32.8 Å². The van der Waals surface area contributed by atoms with Crippen LogP contribution in [0.1, 0.15) is 142 Å². The van der Waals surface area contributed by atoms with Crippen LogP contribution in [0.3, 0.4) is 0 Å². The molecule has 0 aromatic heterocycles. The number of hydrogen-bond donors (Lipinski definition) is 4. The number of rotatable bonds is 17. The number of carbonyl (C=O) groups is 5. The number of nitrogens with zero attached hydrogens (tertiary/aromatic N) is 2. The van der Waals surface area contributed by atoms with E-state index < -0.39 is 30.2 Å². The SMILES string of the molecule is C.C.C.C.C.CC(C)(C)OC=O.CC(C)(C)OC=O.C[C@@H](OCc1ccccc1)[C@H](N)C(=O)N1CCCC1.C[C@@H](OCc1ccccc1)[C@H](N)C(=O)N1CCCC1.C[C@@H](OCc1ccccc1)[C@H](N)C(=O)O. The zero-order valence-corrected chi connectivity index (χ0v) is 41.2. The lowest BCUT2D eigenvalue weighted by Gasteiger charge is -2.24. The Labute approximate surface area is 435 Å². The lowest BCUT2D eigenvalue weighted by Crippen LogP contribution is -2.49. The van der Waals surface area contributed by atoms with Crippen LogP contribution in [-0.2, 0) is 67.5 Å². The Balaban J connectivity index is -0.000000269. The molecule has 414 valence electrons. The monoisotopic (exact) mass is 1020 g/mol. The number of likely N-dealkylation sites (tertiary alicyclic amines) is 2. The van der Waals surface area contributed by atoms with Crippen molar-refractivity contribution < 1.29 is 52.8 Å². The van der Waals surface area contributed by atoms with Gasteiger partial charge in [0.05, 0.1) is 38.1 Å². The zero-order valence-electron chi connectivity index (χ0n) is 41.2. The van der Waals surface area contributed by atoms with Gasteiger partial charge in [-0.2, -0.15) is 0 Å². The van der Waals surface area contributed by atoms with E-state index in [4.69, 9.17) is 36.5 Å². The molecule has 72 heavy (non-hydrogen) atoms. The van der Waals surface area contributed by atoms with Crippen LogP contribution >= 0.6 is 0 Å². The number of nitrogens with two attached hydrogens (primary N) is 3. The van der Waals surface area contributed by atoms with Crippen LogP contribution < -0.4 is 17.2 Å². The standard InChI is InChI=1S/2C15H22N2O2.C11H15NO3.2C5H10O2.5CH4/c2*1-12(19-11-13-7-3-2-4-8-13)14(16)15(18)17-9-5-6-10-17;1-8(10(12)11(13)14)15-7-9-5-3-2-4-6-9;2*1-5(2,3)7-4-6;;;;;/h2*2-4,7-8,12,14H,5-6,9-11,16H2,1H3;2-6,8,10H,7,12H2,1H3,(H,13,14);2*4H,1-3H3;5*1H4/t2*12-,14+;8-,10+;;;;;;;/m111......./s1. The predicted molar refractivity (Wildman–Crippen MR) is 293 cm³/mol. The Bertz CT molecular complexity index is 1700. The van der Waals surface area contributed by atoms with Gasteiger partial charge in [-0.05, 0) is 105 Å². The van der Waals surface area contributed by atoms with Crippen molar-refractivity contribution in [1.82, 2.24) is 9.80 Å². The van der Waals surface area contributed by atoms with Crippen LogP contribution in [0.25, 0.3) is 0 Å². The summed E-state index contributed by atoms with van der Waals surface area (Å²) in [6.07, 6.45) is 3.29. The smallest absolute Gasteiger partial charge is 0.323 e. The van der Waals surface area contributed by atoms with Crippen molar-refractivity contribution in [1.29, 1.82) is 0 Å². The summed E-state index contributed by atoms with van der Waals surface area (Å²) >= 11 is 0. The fourth-order valence-corrected chi connectivity index (χ4v) is 5.90. The minimum atomic E-state index is -1.05. The van der Waals surface area contributed by atoms with Gasteiger partial charge in [-0.3, -0.25) is 24.0 Å². The number of aliphatic carboxylic acids is 1. The second-order valence-corrected chi connectivity index (χ2v) is 18.1. The second kappa shape index (κ2) is 41.3. The van der Waals surface area contributed by atoms with E-state index in [2.05, 4.69) is 9.47 Å². The molecule has 0 saturated carbocycles. The van der Waals surface area contributed by atoms with E-state index in [1.54, 1.807) is 6.92 Å². The van der Waals surface area contributed by atoms with Crippen LogP contribution in [0.15, 0.2) is 91.0 Å². The summed E-state index contributed by atoms with van der Waals surface area (Å²) in [5, 5.41) is 8.64. The number of amides is 2. The fraction of sp³-hybridized carbons (Fsp3) is 0.589. The molecule has 2 saturated heterocycles. The molecular weight excluding hydrogens is 919 g/mol. The molecule has 16 heteroatoms. The number of hydrogen-bond acceptors (Lipinski definition) is 13. The Morgan fingerprint density at radius 1 is 0.500 bits per heavy atom. The number of benzene rings is 3. The molecule has 0 unspecified atom stereocenters. The molecular formula is C56H99N5O11. The molecule has 3 aromatic carbocycles. The van der Waals surface area contributed by atoms with Crippen molar-refractivity contribution >= 4 is 30.7 Å². The molecule has 2 heterocycles. The van der Waals surface area contributed by atoms with Crippen molar-refractivity contribution in [3.8, 4) is 0 Å². The van der Waals surface area contributed by atoms with Crippen LogP contribution in [0, 0.1) is 0 Å². The molecule has 2 amide bonds. The highest BCUT2D eigenvalue weighted by Crippen LogP contribution is 2.14. The van der Waals surface area contributed by atoms with Crippen LogP contribution in [0.2, 0.25) is 0 Å². The number of carboxylic acid groups (broad SMARTS) is 1. The molecule has 0 bridgehead atoms. The van der Waals surface area contributed by atoms with Crippen molar-refractivity contribution in [3.63, 3.8) is 0 Å². The van der Waals surface area contributed by atoms with Gasteiger partial charge < -0.3 is 55.8 Å². The Kier molecular flexibility index (Phi) is 43.4. The molecule has 5 rings (SSSR count). The fourth-order valence-electron chi connectivity index (χ4n) is 5.90. The van der Waals surface area contributed by atoms with Crippen LogP contribution in [0.5, 0.6) is 0 Å². The molecule has 16 nitrogen and oxygen atoms in total. The molecule has 2 fully saturated rings. The predicted octanol–water partition coefficient (Wildman–Crippen LogP) is 9.18. The Morgan fingerprint density at radius 2 is 0.736 bits per heavy atom. The summed E-state index contributed by atoms with van der Waals surface area (Å²) in [4.78, 5) is 57.7. The van der Waals surface area contributed by atoms with Gasteiger partial charge in [0.15, 0.2) is 0 Å². The third-order valence-electron chi connectivity index (χ3n) is 10.1. The summed E-state index contributed by atoms with van der Waals surface area (Å²) in [7, 11) is 0. The van der Waals surface area contributed by atoms with Gasteiger partial charge in [-0.15, -0.1) is 0 Å². The highest BCUT2D eigenvalue weighted by molar-refractivity contribution is 5.83. The summed E-state index contributed by atoms with van der Waals surface area (Å²) in [5.74, 6) is -1.02. The maximum atomic E-state index is 12.1. The highest BCUT2D eigenvalue weighted by Gasteiger charge is 2.29. The van der Waals surface area contributed by atoms with Gasteiger partial charge in [0.2, 0.25) is 11.8 Å². The topological polar surface area (TPSA) is 236 Å². The lowest BCUT2D eigenvalue weighted by atomic mass is 10.1. The first-order chi connectivity index (χ1) is 31.6. The third kappa shape index (κ3) is 34.2. The summed E-state index contributed by atoms with van der Waals surface area (Å²) in [6, 6.07) is 27.3. The minimum Gasteiger partial charge on any atom is -0.480 e. The molecule has 0 spiro atoms. The van der Waals surface area contributed by atoms with Gasteiger partial charge in [-0.25, -0.2) is 0 Å². The van der Waals surface area contributed by atoms with Crippen LogP contribution in [0.4, 0.5) is 0 Å². The van der Waals surface area contributed by atoms with E-state index in [1.807, 2.05) is 156 Å². The zero-order chi connectivity index (χ0) is 50.4. The van der Waals surface area contributed by atoms with Crippen molar-refractivity contribution in [2.24, 2.45) is 17.2 Å². The summed E-state index contributed by atoms with van der Waals surface area (Å²) in [5.41, 5.74) is 19.9. The maximum Gasteiger partial charge on any atom is 0.323 e. The van der Waals surface area contributed by atoms with Gasteiger partial charge in [0, 0.05) is 26.2 Å². The first kappa shape index (κ1) is 75.7. The van der Waals surface area contributed by atoms with Gasteiger partial charge >= 0.3 is 5.97 Å². The highest BCUT2D eigenvalue weighted by atomic mass is 16.5. The third-order valence-corrected chi connectivity index (χ3v) is 10.1. The first-order valence-electron chi connectivity index (χ1n) is 22.9. The number of carboxylic acids is 1. The summed E-state index contributed by atoms with van der Waals surface area (Å²) < 4.78 is 25.8. The molecule has 2 aliphatic heterocycles. The van der Waals surface area contributed by atoms with Crippen molar-refractivity contribution in [2.75, 3.05) is 26.2 Å². The molecule has 3 aromatic rings. The average molecular weight is 1020 g/mol. The second-order valence-electron chi connectivity index (χ2n) is 18.1. The number of carbonyl (C=O) groups excluding carboxylic acids is 4. The van der Waals surface area contributed by atoms with E-state index >= 15 is 0 Å². The van der Waals surface area contributed by atoms with Crippen molar-refractivity contribution in [2.45, 2.75) is 193 Å². The number of ether oxygens (including phenoxy) is 5. The molecule has 0 aliphatic carbocycles. The van der Waals surface area contributed by atoms with E-state index in [-0.39, 0.29) is 72.4 Å². The van der Waals surface area contributed by atoms with Crippen molar-refractivity contribution in [3.05, 3.63) is 108 Å². The van der Waals surface area contributed by atoms with Gasteiger partial charge in [-0.1, -0.05) is 128 Å². The van der Waals surface area contributed by atoms with E-state index in [9.17, 15) is 24.0 Å². The molecule has 0 radical (unpaired) electrons. The normalized spacial score (nSPS) is 14.8. The summed E-state index contributed by atoms with van der Waals surface area (Å²) in [6.45, 7) is 21.9. The van der Waals surface area contributed by atoms with Crippen LogP contribution in [-0.4, -0.2) is 119 Å². The first-order valence-corrected chi connectivity index (χ1v) is 22.9. The Hall–Kier alpha value is -5.23. The molecule has 2 aliphatic rings. The quantitative estimate of drug-likeness (QED) is 0.0923. The lowest BCUT2D eigenvalue weighted by molar-refractivity contribution is -0.142.